The number of alkyl halides is 3. The summed E-state index contributed by atoms with van der Waals surface area (Å²) in [7, 11) is -2.72. The molecule has 2 rings (SSSR count). The van der Waals surface area contributed by atoms with E-state index in [1.807, 2.05) is 20.8 Å². The van der Waals surface area contributed by atoms with Gasteiger partial charge in [-0.05, 0) is 32.0 Å². The van der Waals surface area contributed by atoms with E-state index in [0.29, 0.717) is 0 Å². The zero-order valence-electron chi connectivity index (χ0n) is 15.1. The Labute approximate surface area is 141 Å². The first-order valence-electron chi connectivity index (χ1n) is 7.99. The molecule has 9 heteroatoms. The average molecular weight is 372 g/mol. The van der Waals surface area contributed by atoms with Crippen molar-refractivity contribution in [2.24, 2.45) is 0 Å². The van der Waals surface area contributed by atoms with Gasteiger partial charge in [0.2, 0.25) is 0 Å². The molecule has 0 radical (unpaired) electrons. The predicted molar refractivity (Wildman–Crippen MR) is 82.8 cm³/mol. The quantitative estimate of drug-likeness (QED) is 0.771. The lowest BCUT2D eigenvalue weighted by molar-refractivity contribution is -0.270. The van der Waals surface area contributed by atoms with Crippen molar-refractivity contribution in [3.8, 4) is 0 Å². The first-order chi connectivity index (χ1) is 10.6. The first kappa shape index (κ1) is 20.1. The second-order valence-corrected chi connectivity index (χ2v) is 13.2. The molecule has 24 heavy (non-hydrogen) atoms. The normalized spacial score (nSPS) is 35.1. The summed E-state index contributed by atoms with van der Waals surface area (Å²) in [5.41, 5.74) is 0. The molecule has 2 aliphatic rings. The van der Waals surface area contributed by atoms with Gasteiger partial charge >= 0.3 is 6.18 Å². The average Bonchev–Trinajstić information content (AvgIpc) is 2.79. The van der Waals surface area contributed by atoms with Crippen LogP contribution >= 0.6 is 0 Å². The SMILES string of the molecule is CC1(C)O[C@H]2[C@H]([C@@H](O[Si](C)(C)C(C)(C)C)C(F)(F)F)OC(O)[C@H]2O1. The van der Waals surface area contributed by atoms with E-state index in [-0.39, 0.29) is 0 Å². The zero-order chi connectivity index (χ0) is 18.7. The molecule has 0 aliphatic carbocycles. The van der Waals surface area contributed by atoms with Crippen LogP contribution in [0.1, 0.15) is 34.6 Å². The van der Waals surface area contributed by atoms with Crippen LogP contribution in [-0.4, -0.2) is 56.1 Å². The van der Waals surface area contributed by atoms with Crippen molar-refractivity contribution in [3.63, 3.8) is 0 Å². The largest absolute Gasteiger partial charge is 0.416 e. The fourth-order valence-electron chi connectivity index (χ4n) is 2.67. The van der Waals surface area contributed by atoms with Crippen molar-refractivity contribution in [1.82, 2.24) is 0 Å². The standard InChI is InChI=1S/C15H27F3O5Si/c1-13(2,3)24(6,7)23-11(15(16,17)18)9-8-10(12(19)20-9)22-14(4,5)21-8/h8-12,19H,1-7H3/t8-,9+,10-,11+,12?/m0/s1. The van der Waals surface area contributed by atoms with Crippen LogP contribution in [0.25, 0.3) is 0 Å². The molecule has 2 aliphatic heterocycles. The van der Waals surface area contributed by atoms with Crippen LogP contribution in [0.4, 0.5) is 13.2 Å². The molecule has 0 spiro atoms. The molecule has 0 bridgehead atoms. The molecule has 2 heterocycles. The summed E-state index contributed by atoms with van der Waals surface area (Å²) in [6.45, 7) is 12.2. The van der Waals surface area contributed by atoms with Crippen molar-refractivity contribution >= 4 is 8.32 Å². The van der Waals surface area contributed by atoms with E-state index in [2.05, 4.69) is 0 Å². The van der Waals surface area contributed by atoms with Crippen molar-refractivity contribution in [2.45, 2.75) is 95.4 Å². The Balaban J connectivity index is 2.30. The molecule has 5 atom stereocenters. The van der Waals surface area contributed by atoms with Crippen LogP contribution in [0, 0.1) is 0 Å². The highest BCUT2D eigenvalue weighted by Crippen LogP contribution is 2.45. The van der Waals surface area contributed by atoms with Crippen molar-refractivity contribution in [2.75, 3.05) is 0 Å². The van der Waals surface area contributed by atoms with Gasteiger partial charge in [-0.3, -0.25) is 0 Å². The van der Waals surface area contributed by atoms with E-state index in [1.54, 1.807) is 26.9 Å². The summed E-state index contributed by atoms with van der Waals surface area (Å²) in [5, 5.41) is 9.53. The number of fused-ring (bicyclic) bond motifs is 1. The highest BCUT2D eigenvalue weighted by Gasteiger charge is 2.63. The van der Waals surface area contributed by atoms with Gasteiger partial charge in [-0.1, -0.05) is 20.8 Å². The van der Waals surface area contributed by atoms with Crippen molar-refractivity contribution in [1.29, 1.82) is 0 Å². The lowest BCUT2D eigenvalue weighted by Crippen LogP contribution is -2.55. The van der Waals surface area contributed by atoms with Gasteiger partial charge < -0.3 is 23.7 Å². The number of ether oxygens (including phenoxy) is 3. The summed E-state index contributed by atoms with van der Waals surface area (Å²) in [5.74, 6) is -1.08. The number of rotatable bonds is 3. The van der Waals surface area contributed by atoms with Crippen LogP contribution < -0.4 is 0 Å². The van der Waals surface area contributed by atoms with E-state index in [4.69, 9.17) is 18.6 Å². The van der Waals surface area contributed by atoms with Gasteiger partial charge in [-0.2, -0.15) is 13.2 Å². The maximum atomic E-state index is 13.7. The second-order valence-electron chi connectivity index (χ2n) is 8.40. The fourth-order valence-corrected chi connectivity index (χ4v) is 3.92. The Morgan fingerprint density at radius 1 is 1.08 bits per heavy atom. The smallest absolute Gasteiger partial charge is 0.403 e. The van der Waals surface area contributed by atoms with E-state index in [0.717, 1.165) is 0 Å². The summed E-state index contributed by atoms with van der Waals surface area (Å²) in [6, 6.07) is 0. The minimum atomic E-state index is -4.65. The number of halogens is 3. The number of hydrogen-bond acceptors (Lipinski definition) is 5. The number of hydrogen-bond donors (Lipinski definition) is 1. The van der Waals surface area contributed by atoms with Gasteiger partial charge in [0.15, 0.2) is 26.5 Å². The minimum absolute atomic E-state index is 0.403. The summed E-state index contributed by atoms with van der Waals surface area (Å²) in [4.78, 5) is 0. The Kier molecular flexibility index (Phi) is 4.96. The molecule has 1 N–H and O–H groups in total. The molecule has 142 valence electrons. The monoisotopic (exact) mass is 372 g/mol. The van der Waals surface area contributed by atoms with Crippen LogP contribution in [0.15, 0.2) is 0 Å². The Bertz CT molecular complexity index is 475. The van der Waals surface area contributed by atoms with Gasteiger partial charge in [0.25, 0.3) is 0 Å². The molecule has 0 aromatic rings. The van der Waals surface area contributed by atoms with Gasteiger partial charge in [-0.15, -0.1) is 0 Å². The van der Waals surface area contributed by atoms with Crippen LogP contribution in [0.5, 0.6) is 0 Å². The molecular formula is C15H27F3O5Si. The second kappa shape index (κ2) is 5.92. The molecule has 0 aromatic heterocycles. The first-order valence-corrected chi connectivity index (χ1v) is 10.9. The molecule has 2 saturated heterocycles. The minimum Gasteiger partial charge on any atom is -0.403 e. The summed E-state index contributed by atoms with van der Waals surface area (Å²) >= 11 is 0. The third-order valence-electron chi connectivity index (χ3n) is 4.91. The van der Waals surface area contributed by atoms with E-state index < -0.39 is 56.0 Å². The molecule has 2 fully saturated rings. The molecular weight excluding hydrogens is 345 g/mol. The summed E-state index contributed by atoms with van der Waals surface area (Å²) in [6.07, 6.45) is -11.8. The maximum Gasteiger partial charge on any atom is 0.416 e. The lowest BCUT2D eigenvalue weighted by Gasteiger charge is -2.41. The van der Waals surface area contributed by atoms with Gasteiger partial charge in [-0.25, -0.2) is 0 Å². The van der Waals surface area contributed by atoms with E-state index >= 15 is 0 Å². The van der Waals surface area contributed by atoms with E-state index in [9.17, 15) is 18.3 Å². The fraction of sp³-hybridized carbons (Fsp3) is 1.00. The molecule has 1 unspecified atom stereocenters. The Hall–Kier alpha value is -0.193. The third-order valence-corrected chi connectivity index (χ3v) is 9.37. The van der Waals surface area contributed by atoms with Crippen molar-refractivity contribution < 1.29 is 36.9 Å². The maximum absolute atomic E-state index is 13.7. The topological polar surface area (TPSA) is 57.2 Å². The molecule has 0 amide bonds. The molecule has 0 saturated carbocycles. The van der Waals surface area contributed by atoms with Gasteiger partial charge in [0.05, 0.1) is 0 Å². The molecule has 0 aromatic carbocycles. The third kappa shape index (κ3) is 3.81. The number of aliphatic hydroxyl groups is 1. The van der Waals surface area contributed by atoms with Crippen LogP contribution in [0.3, 0.4) is 0 Å². The summed E-state index contributed by atoms with van der Waals surface area (Å²) < 4.78 is 62.9. The number of aliphatic hydroxyl groups excluding tert-OH is 1. The van der Waals surface area contributed by atoms with Crippen LogP contribution in [-0.2, 0) is 18.6 Å². The lowest BCUT2D eigenvalue weighted by atomic mass is 10.1. The highest BCUT2D eigenvalue weighted by atomic mass is 28.4. The highest BCUT2D eigenvalue weighted by molar-refractivity contribution is 6.74. The Morgan fingerprint density at radius 2 is 1.58 bits per heavy atom. The van der Waals surface area contributed by atoms with Crippen LogP contribution in [0.2, 0.25) is 18.1 Å². The molecule has 5 nitrogen and oxygen atoms in total. The van der Waals surface area contributed by atoms with Gasteiger partial charge in [0, 0.05) is 0 Å². The van der Waals surface area contributed by atoms with E-state index in [1.165, 1.54) is 0 Å². The Morgan fingerprint density at radius 3 is 2.04 bits per heavy atom. The van der Waals surface area contributed by atoms with Crippen molar-refractivity contribution in [3.05, 3.63) is 0 Å². The van der Waals surface area contributed by atoms with Gasteiger partial charge in [0.1, 0.15) is 18.3 Å². The predicted octanol–water partition coefficient (Wildman–Crippen LogP) is 3.18. The zero-order valence-corrected chi connectivity index (χ0v) is 16.1.